The number of nitrogens with one attached hydrogen (secondary N) is 1. The van der Waals surface area contributed by atoms with Crippen LogP contribution in [0.15, 0.2) is 28.6 Å². The topological polar surface area (TPSA) is 47.0 Å². The Morgan fingerprint density at radius 1 is 1.30 bits per heavy atom. The van der Waals surface area contributed by atoms with E-state index in [-0.39, 0.29) is 5.75 Å². The Morgan fingerprint density at radius 2 is 2.13 bits per heavy atom. The van der Waals surface area contributed by atoms with E-state index in [9.17, 15) is 13.2 Å². The molecule has 1 N–H and O–H groups in total. The van der Waals surface area contributed by atoms with Gasteiger partial charge in [0.25, 0.3) is 0 Å². The first-order valence-electron chi connectivity index (χ1n) is 6.95. The van der Waals surface area contributed by atoms with Crippen LogP contribution in [-0.4, -0.2) is 29.5 Å². The van der Waals surface area contributed by atoms with Gasteiger partial charge in [0, 0.05) is 12.3 Å². The summed E-state index contributed by atoms with van der Waals surface area (Å²) in [7, 11) is 0. The first kappa shape index (κ1) is 17.9. The first-order valence-corrected chi connectivity index (χ1v) is 8.75. The minimum Gasteiger partial charge on any atom is -0.484 e. The minimum atomic E-state index is -4.33. The van der Waals surface area contributed by atoms with E-state index in [4.69, 9.17) is 4.74 Å². The van der Waals surface area contributed by atoms with Gasteiger partial charge < -0.3 is 10.1 Å². The van der Waals surface area contributed by atoms with Gasteiger partial charge in [0.2, 0.25) is 5.13 Å². The average Bonchev–Trinajstić information content (AvgIpc) is 2.97. The molecule has 2 aromatic rings. The van der Waals surface area contributed by atoms with Gasteiger partial charge in [-0.1, -0.05) is 42.2 Å². The van der Waals surface area contributed by atoms with E-state index in [0.717, 1.165) is 28.0 Å². The molecule has 2 rings (SSSR count). The Morgan fingerprint density at radius 3 is 2.87 bits per heavy atom. The Hall–Kier alpha value is -1.48. The van der Waals surface area contributed by atoms with Crippen molar-refractivity contribution in [3.8, 4) is 5.75 Å². The Kier molecular flexibility index (Phi) is 6.52. The first-order chi connectivity index (χ1) is 11.0. The molecule has 0 amide bonds. The van der Waals surface area contributed by atoms with E-state index in [1.807, 2.05) is 6.07 Å². The highest BCUT2D eigenvalue weighted by Crippen LogP contribution is 2.29. The van der Waals surface area contributed by atoms with Crippen LogP contribution in [0.25, 0.3) is 0 Å². The van der Waals surface area contributed by atoms with Gasteiger partial charge in [-0.2, -0.15) is 13.2 Å². The van der Waals surface area contributed by atoms with Crippen molar-refractivity contribution in [3.05, 3.63) is 29.8 Å². The molecule has 0 saturated heterocycles. The van der Waals surface area contributed by atoms with Gasteiger partial charge in [-0.05, 0) is 24.1 Å². The third-order valence-electron chi connectivity index (χ3n) is 2.60. The highest BCUT2D eigenvalue weighted by Gasteiger charge is 2.28. The van der Waals surface area contributed by atoms with E-state index < -0.39 is 12.8 Å². The number of hydrogen-bond acceptors (Lipinski definition) is 6. The summed E-state index contributed by atoms with van der Waals surface area (Å²) >= 11 is 2.95. The molecule has 1 aromatic carbocycles. The molecule has 0 unspecified atom stereocenters. The number of alkyl halides is 3. The van der Waals surface area contributed by atoms with Crippen molar-refractivity contribution in [2.75, 3.05) is 18.5 Å². The maximum atomic E-state index is 12.2. The van der Waals surface area contributed by atoms with E-state index in [1.165, 1.54) is 29.2 Å². The number of rotatable bonds is 8. The lowest BCUT2D eigenvalue weighted by Gasteiger charge is -2.09. The largest absolute Gasteiger partial charge is 0.484 e. The van der Waals surface area contributed by atoms with E-state index in [2.05, 4.69) is 22.4 Å². The molecule has 0 aliphatic carbocycles. The molecule has 126 valence electrons. The second-order valence-corrected chi connectivity index (χ2v) is 6.84. The minimum absolute atomic E-state index is 0.211. The van der Waals surface area contributed by atoms with Crippen LogP contribution < -0.4 is 10.1 Å². The standard InChI is InChI=1S/C14H16F3N3OS2/c1-2-6-18-12-19-20-13(23-12)22-8-10-4-3-5-11(7-10)21-9-14(15,16)17/h3-5,7H,2,6,8-9H2,1H3,(H,18,19). The van der Waals surface area contributed by atoms with Gasteiger partial charge in [0.1, 0.15) is 5.75 Å². The van der Waals surface area contributed by atoms with Gasteiger partial charge in [-0.25, -0.2) is 0 Å². The van der Waals surface area contributed by atoms with Gasteiger partial charge in [-0.15, -0.1) is 10.2 Å². The summed E-state index contributed by atoms with van der Waals surface area (Å²) in [4.78, 5) is 0. The van der Waals surface area contributed by atoms with Crippen molar-refractivity contribution in [2.45, 2.75) is 29.6 Å². The maximum absolute atomic E-state index is 12.2. The SMILES string of the molecule is CCCNc1nnc(SCc2cccc(OCC(F)(F)F)c2)s1. The molecule has 0 saturated carbocycles. The van der Waals surface area contributed by atoms with Crippen molar-refractivity contribution in [3.63, 3.8) is 0 Å². The average molecular weight is 363 g/mol. The van der Waals surface area contributed by atoms with Crippen molar-refractivity contribution in [1.29, 1.82) is 0 Å². The number of ether oxygens (including phenoxy) is 1. The zero-order valence-corrected chi connectivity index (χ0v) is 14.0. The third-order valence-corrected chi connectivity index (χ3v) is 4.68. The van der Waals surface area contributed by atoms with E-state index in [0.29, 0.717) is 5.75 Å². The summed E-state index contributed by atoms with van der Waals surface area (Å²) in [6, 6.07) is 6.63. The molecule has 0 aliphatic heterocycles. The number of anilines is 1. The number of thioether (sulfide) groups is 1. The molecule has 0 radical (unpaired) electrons. The third kappa shape index (κ3) is 6.66. The molecular weight excluding hydrogens is 347 g/mol. The van der Waals surface area contributed by atoms with Crippen LogP contribution in [0.3, 0.4) is 0 Å². The molecule has 0 spiro atoms. The monoisotopic (exact) mass is 363 g/mol. The molecule has 1 heterocycles. The second-order valence-electron chi connectivity index (χ2n) is 4.64. The molecule has 0 bridgehead atoms. The smallest absolute Gasteiger partial charge is 0.422 e. The van der Waals surface area contributed by atoms with Crippen molar-refractivity contribution < 1.29 is 17.9 Å². The predicted octanol–water partition coefficient (Wildman–Crippen LogP) is 4.59. The summed E-state index contributed by atoms with van der Waals surface area (Å²) in [6.45, 7) is 1.63. The molecule has 23 heavy (non-hydrogen) atoms. The fraction of sp³-hybridized carbons (Fsp3) is 0.429. The summed E-state index contributed by atoms with van der Waals surface area (Å²) < 4.78 is 42.0. The lowest BCUT2D eigenvalue weighted by Crippen LogP contribution is -2.19. The van der Waals surface area contributed by atoms with Crippen LogP contribution >= 0.6 is 23.1 Å². The summed E-state index contributed by atoms with van der Waals surface area (Å²) in [6.07, 6.45) is -3.33. The summed E-state index contributed by atoms with van der Waals surface area (Å²) in [5, 5.41) is 12.0. The van der Waals surface area contributed by atoms with Crippen molar-refractivity contribution in [1.82, 2.24) is 10.2 Å². The molecule has 0 atom stereocenters. The fourth-order valence-electron chi connectivity index (χ4n) is 1.61. The number of aromatic nitrogens is 2. The van der Waals surface area contributed by atoms with E-state index >= 15 is 0 Å². The van der Waals surface area contributed by atoms with Crippen LogP contribution in [0.5, 0.6) is 5.75 Å². The van der Waals surface area contributed by atoms with Crippen LogP contribution in [0, 0.1) is 0 Å². The van der Waals surface area contributed by atoms with Crippen molar-refractivity contribution in [2.24, 2.45) is 0 Å². The number of nitrogens with zero attached hydrogens (tertiary/aromatic N) is 2. The number of hydrogen-bond donors (Lipinski definition) is 1. The summed E-state index contributed by atoms with van der Waals surface area (Å²) in [5.74, 6) is 0.800. The van der Waals surface area contributed by atoms with Gasteiger partial charge >= 0.3 is 6.18 Å². The Labute approximate surface area is 140 Å². The maximum Gasteiger partial charge on any atom is 0.422 e. The van der Waals surface area contributed by atoms with Crippen LogP contribution in [0.1, 0.15) is 18.9 Å². The highest BCUT2D eigenvalue weighted by molar-refractivity contribution is 8.00. The predicted molar refractivity (Wildman–Crippen MR) is 86.2 cm³/mol. The van der Waals surface area contributed by atoms with Crippen LogP contribution in [0.2, 0.25) is 0 Å². The lowest BCUT2D eigenvalue weighted by atomic mass is 10.2. The molecular formula is C14H16F3N3OS2. The fourth-order valence-corrected chi connectivity index (χ4v) is 3.33. The molecule has 9 heteroatoms. The molecule has 1 aromatic heterocycles. The number of halogens is 3. The van der Waals surface area contributed by atoms with Crippen LogP contribution in [0.4, 0.5) is 18.3 Å². The van der Waals surface area contributed by atoms with Gasteiger partial charge in [-0.3, -0.25) is 0 Å². The van der Waals surface area contributed by atoms with Gasteiger partial charge in [0.15, 0.2) is 10.9 Å². The highest BCUT2D eigenvalue weighted by atomic mass is 32.2. The quantitative estimate of drug-likeness (QED) is 0.695. The molecule has 4 nitrogen and oxygen atoms in total. The second kappa shape index (κ2) is 8.39. The normalized spacial score (nSPS) is 11.5. The Bertz CT molecular complexity index is 619. The van der Waals surface area contributed by atoms with E-state index in [1.54, 1.807) is 12.1 Å². The lowest BCUT2D eigenvalue weighted by molar-refractivity contribution is -0.153. The molecule has 0 aliphatic rings. The molecule has 0 fully saturated rings. The number of benzene rings is 1. The van der Waals surface area contributed by atoms with Crippen molar-refractivity contribution >= 4 is 28.2 Å². The Balaban J connectivity index is 1.86. The zero-order valence-electron chi connectivity index (χ0n) is 12.4. The summed E-state index contributed by atoms with van der Waals surface area (Å²) in [5.41, 5.74) is 0.868. The van der Waals surface area contributed by atoms with Gasteiger partial charge in [0.05, 0.1) is 0 Å². The van der Waals surface area contributed by atoms with Crippen LogP contribution in [-0.2, 0) is 5.75 Å². The zero-order chi connectivity index (χ0) is 16.7.